The van der Waals surface area contributed by atoms with Crippen molar-refractivity contribution in [1.82, 2.24) is 10.2 Å². The number of ether oxygens (including phenoxy) is 1. The minimum Gasteiger partial charge on any atom is -0.493 e. The summed E-state index contributed by atoms with van der Waals surface area (Å²) in [6.45, 7) is 3.88. The number of amides is 1. The van der Waals surface area contributed by atoms with Gasteiger partial charge in [0.05, 0.1) is 6.61 Å². The van der Waals surface area contributed by atoms with Gasteiger partial charge < -0.3 is 15.0 Å². The minimum atomic E-state index is -0.00107. The molecule has 1 unspecified atom stereocenters. The van der Waals surface area contributed by atoms with E-state index in [1.807, 2.05) is 39.2 Å². The van der Waals surface area contributed by atoms with Gasteiger partial charge in [-0.2, -0.15) is 0 Å². The zero-order valence-corrected chi connectivity index (χ0v) is 14.3. The van der Waals surface area contributed by atoms with E-state index < -0.39 is 0 Å². The van der Waals surface area contributed by atoms with Crippen LogP contribution in [0.2, 0.25) is 5.02 Å². The van der Waals surface area contributed by atoms with Crippen LogP contribution in [0.25, 0.3) is 0 Å². The van der Waals surface area contributed by atoms with Gasteiger partial charge >= 0.3 is 0 Å². The molecule has 0 bridgehead atoms. The summed E-state index contributed by atoms with van der Waals surface area (Å²) in [6.07, 6.45) is 0.793. The molecule has 6 heteroatoms. The highest BCUT2D eigenvalue weighted by molar-refractivity contribution is 6.30. The van der Waals surface area contributed by atoms with E-state index >= 15 is 0 Å². The maximum Gasteiger partial charge on any atom is 0.226 e. The van der Waals surface area contributed by atoms with Gasteiger partial charge in [0, 0.05) is 31.1 Å². The summed E-state index contributed by atoms with van der Waals surface area (Å²) in [7, 11) is 3.68. The van der Waals surface area contributed by atoms with Gasteiger partial charge in [0.2, 0.25) is 5.91 Å². The normalized spacial score (nSPS) is 11.4. The van der Waals surface area contributed by atoms with Crippen LogP contribution in [0.15, 0.2) is 24.3 Å². The Morgan fingerprint density at radius 3 is 2.81 bits per heavy atom. The van der Waals surface area contributed by atoms with E-state index in [9.17, 15) is 4.79 Å². The molecule has 1 amide bonds. The summed E-state index contributed by atoms with van der Waals surface area (Å²) in [6, 6.07) is 7.32. The van der Waals surface area contributed by atoms with Gasteiger partial charge in [0.1, 0.15) is 5.75 Å². The molecule has 0 radical (unpaired) electrons. The van der Waals surface area contributed by atoms with Gasteiger partial charge in [-0.1, -0.05) is 24.6 Å². The standard InChI is InChI=1S/C15H23ClN2O2.ClH/c1-12(11-17-2)15(19)18(3)8-5-9-20-14-7-4-6-13(16)10-14;/h4,6-7,10,12,17H,5,8-9,11H2,1-3H3;1H. The summed E-state index contributed by atoms with van der Waals surface area (Å²) in [5, 5.41) is 3.68. The van der Waals surface area contributed by atoms with Crippen LogP contribution in [0.4, 0.5) is 0 Å². The third-order valence-corrected chi connectivity index (χ3v) is 3.25. The van der Waals surface area contributed by atoms with Crippen molar-refractivity contribution in [2.75, 3.05) is 33.8 Å². The Labute approximate surface area is 138 Å². The van der Waals surface area contributed by atoms with Crippen molar-refractivity contribution >= 4 is 29.9 Å². The molecule has 1 aromatic rings. The van der Waals surface area contributed by atoms with Crippen molar-refractivity contribution in [3.05, 3.63) is 29.3 Å². The second-order valence-electron chi connectivity index (χ2n) is 4.88. The fourth-order valence-corrected chi connectivity index (χ4v) is 2.11. The first kappa shape index (κ1) is 20.0. The van der Waals surface area contributed by atoms with Gasteiger partial charge in [-0.3, -0.25) is 4.79 Å². The average molecular weight is 335 g/mol. The number of nitrogens with zero attached hydrogens (tertiary/aromatic N) is 1. The summed E-state index contributed by atoms with van der Waals surface area (Å²) in [4.78, 5) is 13.7. The largest absolute Gasteiger partial charge is 0.493 e. The van der Waals surface area contributed by atoms with Crippen LogP contribution in [0.1, 0.15) is 13.3 Å². The zero-order chi connectivity index (χ0) is 15.0. The fraction of sp³-hybridized carbons (Fsp3) is 0.533. The number of carbonyl (C=O) groups excluding carboxylic acids is 1. The van der Waals surface area contributed by atoms with Gasteiger partial charge in [-0.25, -0.2) is 0 Å². The van der Waals surface area contributed by atoms with Gasteiger partial charge in [0.25, 0.3) is 0 Å². The highest BCUT2D eigenvalue weighted by Gasteiger charge is 2.15. The van der Waals surface area contributed by atoms with Gasteiger partial charge in [0.15, 0.2) is 0 Å². The molecule has 0 aliphatic carbocycles. The first-order valence-corrected chi connectivity index (χ1v) is 7.20. The molecule has 0 fully saturated rings. The zero-order valence-electron chi connectivity index (χ0n) is 12.8. The number of carbonyl (C=O) groups is 1. The molecule has 0 spiro atoms. The van der Waals surface area contributed by atoms with Crippen LogP contribution in [0.5, 0.6) is 5.75 Å². The Balaban J connectivity index is 0.00000400. The van der Waals surface area contributed by atoms with Crippen molar-refractivity contribution in [2.45, 2.75) is 13.3 Å². The maximum atomic E-state index is 12.0. The molecule has 0 saturated carbocycles. The van der Waals surface area contributed by atoms with Gasteiger partial charge in [-0.05, 0) is 31.7 Å². The first-order valence-electron chi connectivity index (χ1n) is 6.82. The number of benzene rings is 1. The van der Waals surface area contributed by atoms with Crippen LogP contribution < -0.4 is 10.1 Å². The topological polar surface area (TPSA) is 41.6 Å². The van der Waals surface area contributed by atoms with E-state index in [1.54, 1.807) is 11.0 Å². The molecule has 1 rings (SSSR count). The van der Waals surface area contributed by atoms with Crippen LogP contribution in [0.3, 0.4) is 0 Å². The lowest BCUT2D eigenvalue weighted by atomic mass is 10.1. The molecular weight excluding hydrogens is 311 g/mol. The Morgan fingerprint density at radius 1 is 1.48 bits per heavy atom. The second-order valence-corrected chi connectivity index (χ2v) is 5.31. The van der Waals surface area contributed by atoms with E-state index in [-0.39, 0.29) is 24.2 Å². The summed E-state index contributed by atoms with van der Waals surface area (Å²) >= 11 is 5.88. The van der Waals surface area contributed by atoms with Crippen molar-refractivity contribution in [1.29, 1.82) is 0 Å². The Kier molecular flexibility index (Phi) is 10.2. The number of hydrogen-bond acceptors (Lipinski definition) is 3. The molecule has 0 aliphatic heterocycles. The van der Waals surface area contributed by atoms with E-state index in [0.717, 1.165) is 12.2 Å². The molecule has 0 heterocycles. The monoisotopic (exact) mass is 334 g/mol. The van der Waals surface area contributed by atoms with Crippen molar-refractivity contribution in [3.63, 3.8) is 0 Å². The SMILES string of the molecule is CNCC(C)C(=O)N(C)CCCOc1cccc(Cl)c1.Cl. The summed E-state index contributed by atoms with van der Waals surface area (Å²) in [5.74, 6) is 0.913. The Hall–Kier alpha value is -0.970. The number of halogens is 2. The van der Waals surface area contributed by atoms with Crippen LogP contribution in [-0.4, -0.2) is 44.6 Å². The highest BCUT2D eigenvalue weighted by Crippen LogP contribution is 2.17. The van der Waals surface area contributed by atoms with Crippen LogP contribution in [0, 0.1) is 5.92 Å². The Bertz CT molecular complexity index is 430. The van der Waals surface area contributed by atoms with Crippen LogP contribution in [-0.2, 0) is 4.79 Å². The van der Waals surface area contributed by atoms with Crippen molar-refractivity contribution in [3.8, 4) is 5.75 Å². The molecule has 120 valence electrons. The summed E-state index contributed by atoms with van der Waals surface area (Å²) in [5.41, 5.74) is 0. The highest BCUT2D eigenvalue weighted by atomic mass is 35.5. The van der Waals surface area contributed by atoms with Crippen LogP contribution >= 0.6 is 24.0 Å². The van der Waals surface area contributed by atoms with Crippen molar-refractivity contribution in [2.24, 2.45) is 5.92 Å². The van der Waals surface area contributed by atoms with Crippen molar-refractivity contribution < 1.29 is 9.53 Å². The molecular formula is C15H24Cl2N2O2. The predicted molar refractivity (Wildman–Crippen MR) is 89.5 cm³/mol. The third kappa shape index (κ3) is 7.55. The third-order valence-electron chi connectivity index (χ3n) is 3.01. The molecule has 4 nitrogen and oxygen atoms in total. The number of hydrogen-bond donors (Lipinski definition) is 1. The molecule has 1 N–H and O–H groups in total. The fourth-order valence-electron chi connectivity index (χ4n) is 1.93. The second kappa shape index (κ2) is 10.7. The minimum absolute atomic E-state index is 0. The molecule has 0 aliphatic rings. The number of nitrogens with one attached hydrogen (secondary N) is 1. The predicted octanol–water partition coefficient (Wildman–Crippen LogP) is 2.84. The molecule has 1 atom stereocenters. The van der Waals surface area contributed by atoms with E-state index in [0.29, 0.717) is 24.7 Å². The lowest BCUT2D eigenvalue weighted by Gasteiger charge is -2.21. The molecule has 0 aromatic heterocycles. The lowest BCUT2D eigenvalue weighted by molar-refractivity contribution is -0.133. The maximum absolute atomic E-state index is 12.0. The molecule has 0 saturated heterocycles. The Morgan fingerprint density at radius 2 is 2.19 bits per heavy atom. The van der Waals surface area contributed by atoms with Gasteiger partial charge in [-0.15, -0.1) is 12.4 Å². The van der Waals surface area contributed by atoms with E-state index in [1.165, 1.54) is 0 Å². The van der Waals surface area contributed by atoms with E-state index in [4.69, 9.17) is 16.3 Å². The average Bonchev–Trinajstić information content (AvgIpc) is 2.43. The summed E-state index contributed by atoms with van der Waals surface area (Å²) < 4.78 is 5.59. The van der Waals surface area contributed by atoms with E-state index in [2.05, 4.69) is 5.32 Å². The molecule has 1 aromatic carbocycles. The molecule has 21 heavy (non-hydrogen) atoms. The smallest absolute Gasteiger partial charge is 0.226 e. The quantitative estimate of drug-likeness (QED) is 0.743. The lowest BCUT2D eigenvalue weighted by Crippen LogP contribution is -2.36. The first-order chi connectivity index (χ1) is 9.54. The number of rotatable bonds is 8.